The van der Waals surface area contributed by atoms with Gasteiger partial charge in [0.1, 0.15) is 0 Å². The lowest BCUT2D eigenvalue weighted by Crippen LogP contribution is -2.62. The molecule has 0 aliphatic carbocycles. The van der Waals surface area contributed by atoms with Crippen LogP contribution in [0, 0.1) is 11.8 Å². The number of nitrogens with one attached hydrogen (secondary N) is 1. The maximum absolute atomic E-state index is 13.9. The molecule has 2 aliphatic rings. The number of rotatable bonds is 3. The van der Waals surface area contributed by atoms with Crippen molar-refractivity contribution in [2.75, 3.05) is 26.2 Å². The van der Waals surface area contributed by atoms with Crippen LogP contribution in [0.5, 0.6) is 0 Å². The van der Waals surface area contributed by atoms with Crippen LogP contribution in [0.2, 0.25) is 0 Å². The maximum atomic E-state index is 13.9. The van der Waals surface area contributed by atoms with Crippen molar-refractivity contribution in [3.05, 3.63) is 0 Å². The van der Waals surface area contributed by atoms with E-state index < -0.39 is 11.8 Å². The van der Waals surface area contributed by atoms with Gasteiger partial charge in [0, 0.05) is 25.0 Å². The second-order valence-corrected chi connectivity index (χ2v) is 5.66. The van der Waals surface area contributed by atoms with Crippen LogP contribution >= 0.6 is 0 Å². The van der Waals surface area contributed by atoms with Crippen molar-refractivity contribution in [2.45, 2.75) is 38.7 Å². The zero-order chi connectivity index (χ0) is 11.8. The van der Waals surface area contributed by atoms with Crippen molar-refractivity contribution in [3.63, 3.8) is 0 Å². The number of hydrogen-bond donors (Lipinski definition) is 1. The fraction of sp³-hybridized carbons (Fsp3) is 1.00. The summed E-state index contributed by atoms with van der Waals surface area (Å²) in [5, 5.41) is 3.14. The van der Waals surface area contributed by atoms with Crippen molar-refractivity contribution in [2.24, 2.45) is 11.8 Å². The Labute approximate surface area is 96.4 Å². The lowest BCUT2D eigenvalue weighted by atomic mass is 9.85. The first-order valence-electron chi connectivity index (χ1n) is 6.31. The Morgan fingerprint density at radius 3 is 2.50 bits per heavy atom. The summed E-state index contributed by atoms with van der Waals surface area (Å²) in [4.78, 5) is 1.97. The van der Waals surface area contributed by atoms with E-state index in [1.165, 1.54) is 0 Å². The summed E-state index contributed by atoms with van der Waals surface area (Å²) < 4.78 is 27.9. The molecule has 4 heteroatoms. The minimum atomic E-state index is -2.49. The van der Waals surface area contributed by atoms with E-state index in [1.54, 1.807) is 0 Å². The molecular formula is C12H22F2N2. The number of halogens is 2. The van der Waals surface area contributed by atoms with Crippen molar-refractivity contribution in [1.29, 1.82) is 0 Å². The molecule has 16 heavy (non-hydrogen) atoms. The number of nitrogens with zero attached hydrogens (tertiary/aromatic N) is 1. The average molecular weight is 232 g/mol. The Balaban J connectivity index is 1.91. The van der Waals surface area contributed by atoms with Gasteiger partial charge in [0.2, 0.25) is 0 Å². The molecule has 1 atom stereocenters. The standard InChI is InChI=1S/C12H22F2N2/c1-9(2)5-10-3-4-16(8-12(10,13)14)11-6-15-7-11/h9-11,15H,3-8H2,1-2H3. The summed E-state index contributed by atoms with van der Waals surface area (Å²) in [5.41, 5.74) is 0. The Hall–Kier alpha value is -0.220. The molecule has 2 aliphatic heterocycles. The van der Waals surface area contributed by atoms with E-state index >= 15 is 0 Å². The molecule has 2 nitrogen and oxygen atoms in total. The van der Waals surface area contributed by atoms with E-state index in [9.17, 15) is 8.78 Å². The van der Waals surface area contributed by atoms with Crippen molar-refractivity contribution in [1.82, 2.24) is 10.2 Å². The predicted octanol–water partition coefficient (Wildman–Crippen LogP) is 1.96. The Kier molecular flexibility index (Phi) is 3.50. The van der Waals surface area contributed by atoms with Gasteiger partial charge >= 0.3 is 0 Å². The molecule has 0 radical (unpaired) electrons. The topological polar surface area (TPSA) is 15.3 Å². The highest BCUT2D eigenvalue weighted by atomic mass is 19.3. The third-order valence-corrected chi connectivity index (χ3v) is 3.81. The van der Waals surface area contributed by atoms with E-state index in [4.69, 9.17) is 0 Å². The van der Waals surface area contributed by atoms with E-state index in [1.807, 2.05) is 18.7 Å². The van der Waals surface area contributed by atoms with Crippen LogP contribution in [0.15, 0.2) is 0 Å². The van der Waals surface area contributed by atoms with Gasteiger partial charge in [-0.25, -0.2) is 8.78 Å². The Morgan fingerprint density at radius 2 is 2.06 bits per heavy atom. The number of piperidine rings is 1. The highest BCUT2D eigenvalue weighted by Gasteiger charge is 2.46. The van der Waals surface area contributed by atoms with Crippen molar-refractivity contribution in [3.8, 4) is 0 Å². The van der Waals surface area contributed by atoms with Crippen molar-refractivity contribution >= 4 is 0 Å². The van der Waals surface area contributed by atoms with Crippen LogP contribution in [-0.2, 0) is 0 Å². The highest BCUT2D eigenvalue weighted by Crippen LogP contribution is 2.37. The third kappa shape index (κ3) is 2.54. The molecular weight excluding hydrogens is 210 g/mol. The van der Waals surface area contributed by atoms with Gasteiger partial charge < -0.3 is 5.32 Å². The molecule has 0 spiro atoms. The molecule has 1 N–H and O–H groups in total. The minimum Gasteiger partial charge on any atom is -0.314 e. The van der Waals surface area contributed by atoms with Gasteiger partial charge in [-0.1, -0.05) is 13.8 Å². The molecule has 2 fully saturated rings. The van der Waals surface area contributed by atoms with Crippen LogP contribution in [0.1, 0.15) is 26.7 Å². The van der Waals surface area contributed by atoms with Gasteiger partial charge in [0.05, 0.1) is 6.54 Å². The van der Waals surface area contributed by atoms with Gasteiger partial charge in [-0.15, -0.1) is 0 Å². The summed E-state index contributed by atoms with van der Waals surface area (Å²) in [7, 11) is 0. The SMILES string of the molecule is CC(C)CC1CCN(C2CNC2)CC1(F)F. The fourth-order valence-electron chi connectivity index (χ4n) is 2.71. The molecule has 0 aromatic carbocycles. The molecule has 2 rings (SSSR count). The van der Waals surface area contributed by atoms with E-state index in [0.29, 0.717) is 24.8 Å². The van der Waals surface area contributed by atoms with Crippen LogP contribution < -0.4 is 5.32 Å². The molecule has 0 saturated carbocycles. The first-order valence-corrected chi connectivity index (χ1v) is 6.31. The lowest BCUT2D eigenvalue weighted by molar-refractivity contribution is -0.128. The largest absolute Gasteiger partial charge is 0.314 e. The first-order chi connectivity index (χ1) is 7.49. The zero-order valence-electron chi connectivity index (χ0n) is 10.2. The number of hydrogen-bond acceptors (Lipinski definition) is 2. The first kappa shape index (κ1) is 12.2. The van der Waals surface area contributed by atoms with Crippen LogP contribution in [-0.4, -0.2) is 43.0 Å². The minimum absolute atomic E-state index is 0.0310. The maximum Gasteiger partial charge on any atom is 0.263 e. The highest BCUT2D eigenvalue weighted by molar-refractivity contribution is 4.93. The van der Waals surface area contributed by atoms with Gasteiger partial charge in [-0.05, 0) is 25.3 Å². The second-order valence-electron chi connectivity index (χ2n) is 5.66. The summed E-state index contributed by atoms with van der Waals surface area (Å²) in [6, 6.07) is 0.353. The monoisotopic (exact) mass is 232 g/mol. The van der Waals surface area contributed by atoms with Gasteiger partial charge in [0.15, 0.2) is 0 Å². The van der Waals surface area contributed by atoms with Gasteiger partial charge in [-0.2, -0.15) is 0 Å². The molecule has 0 aromatic rings. The van der Waals surface area contributed by atoms with Crippen LogP contribution in [0.3, 0.4) is 0 Å². The summed E-state index contributed by atoms with van der Waals surface area (Å²) in [6.07, 6.45) is 1.31. The number of likely N-dealkylation sites (tertiary alicyclic amines) is 1. The summed E-state index contributed by atoms with van der Waals surface area (Å²) in [5.74, 6) is -2.53. The van der Waals surface area contributed by atoms with E-state index in [0.717, 1.165) is 19.6 Å². The number of alkyl halides is 2. The molecule has 94 valence electrons. The summed E-state index contributed by atoms with van der Waals surface area (Å²) >= 11 is 0. The van der Waals surface area contributed by atoms with Crippen LogP contribution in [0.25, 0.3) is 0 Å². The van der Waals surface area contributed by atoms with E-state index in [2.05, 4.69) is 5.32 Å². The normalized spacial score (nSPS) is 31.7. The average Bonchev–Trinajstić information content (AvgIpc) is 2.05. The smallest absolute Gasteiger partial charge is 0.263 e. The quantitative estimate of drug-likeness (QED) is 0.800. The molecule has 0 bridgehead atoms. The fourth-order valence-corrected chi connectivity index (χ4v) is 2.71. The molecule has 2 saturated heterocycles. The Morgan fingerprint density at radius 1 is 1.38 bits per heavy atom. The predicted molar refractivity (Wildman–Crippen MR) is 60.7 cm³/mol. The lowest BCUT2D eigenvalue weighted by Gasteiger charge is -2.45. The summed E-state index contributed by atoms with van der Waals surface area (Å²) in [6.45, 7) is 6.63. The van der Waals surface area contributed by atoms with Gasteiger partial charge in [-0.3, -0.25) is 4.90 Å². The van der Waals surface area contributed by atoms with Crippen molar-refractivity contribution < 1.29 is 8.78 Å². The Bertz CT molecular complexity index is 239. The van der Waals surface area contributed by atoms with Gasteiger partial charge in [0.25, 0.3) is 5.92 Å². The van der Waals surface area contributed by atoms with Crippen LogP contribution in [0.4, 0.5) is 8.78 Å². The molecule has 2 heterocycles. The zero-order valence-corrected chi connectivity index (χ0v) is 10.2. The molecule has 0 aromatic heterocycles. The van der Waals surface area contributed by atoms with E-state index in [-0.39, 0.29) is 6.54 Å². The second kappa shape index (κ2) is 4.57. The third-order valence-electron chi connectivity index (χ3n) is 3.81. The molecule has 1 unspecified atom stereocenters. The molecule has 0 amide bonds.